The van der Waals surface area contributed by atoms with E-state index in [0.29, 0.717) is 5.16 Å². The molecular weight excluding hydrogens is 471 g/mol. The lowest BCUT2D eigenvalue weighted by molar-refractivity contribution is 0.274. The van der Waals surface area contributed by atoms with Gasteiger partial charge in [0.15, 0.2) is 0 Å². The molecule has 0 aliphatic heterocycles. The van der Waals surface area contributed by atoms with Gasteiger partial charge < -0.3 is 0 Å². The Balaban J connectivity index is 0.000000867. The quantitative estimate of drug-likeness (QED) is 0.124. The van der Waals surface area contributed by atoms with Crippen LogP contribution in [0, 0.1) is 24.7 Å². The van der Waals surface area contributed by atoms with Gasteiger partial charge in [-0.2, -0.15) is 8.42 Å². The number of rotatable bonds is 17. The Kier molecular flexibility index (Phi) is 18.5. The summed E-state index contributed by atoms with van der Waals surface area (Å²) in [6.07, 6.45) is 18.6. The topological polar surface area (TPSA) is 54.4 Å². The Hall–Kier alpha value is -0.440. The van der Waals surface area contributed by atoms with Crippen LogP contribution in [-0.4, -0.2) is 18.1 Å². The second-order valence-electron chi connectivity index (χ2n) is 11.6. The fourth-order valence-corrected chi connectivity index (χ4v) is 6.53. The molecular formula is C30H57O3PS. The summed E-state index contributed by atoms with van der Waals surface area (Å²) in [5.41, 5.74) is 0.956. The molecule has 206 valence electrons. The van der Waals surface area contributed by atoms with E-state index in [1.807, 2.05) is 6.92 Å². The fraction of sp³-hybridized carbons (Fsp3) is 0.800. The third kappa shape index (κ3) is 17.6. The molecule has 0 aliphatic carbocycles. The van der Waals surface area contributed by atoms with E-state index in [1.165, 1.54) is 95.6 Å². The van der Waals surface area contributed by atoms with E-state index in [2.05, 4.69) is 50.8 Å². The molecule has 0 radical (unpaired) electrons. The third-order valence-corrected chi connectivity index (χ3v) is 8.78. The van der Waals surface area contributed by atoms with Gasteiger partial charge in [0.25, 0.3) is 10.1 Å². The van der Waals surface area contributed by atoms with Crippen molar-refractivity contribution in [2.24, 2.45) is 17.8 Å². The van der Waals surface area contributed by atoms with Crippen molar-refractivity contribution in [3.8, 4) is 0 Å². The van der Waals surface area contributed by atoms with Crippen molar-refractivity contribution in [3.63, 3.8) is 0 Å². The van der Waals surface area contributed by atoms with Gasteiger partial charge in [0.1, 0.15) is 0 Å². The van der Waals surface area contributed by atoms with E-state index in [4.69, 9.17) is 4.55 Å². The summed E-state index contributed by atoms with van der Waals surface area (Å²) in [5.74, 6) is 2.44. The largest absolute Gasteiger partial charge is 0.294 e. The van der Waals surface area contributed by atoms with Gasteiger partial charge in [-0.3, -0.25) is 4.55 Å². The van der Waals surface area contributed by atoms with Crippen LogP contribution < -0.4 is 0 Å². The lowest BCUT2D eigenvalue weighted by atomic mass is 9.77. The molecule has 1 N–H and O–H groups in total. The zero-order chi connectivity index (χ0) is 26.9. The second kappa shape index (κ2) is 18.8. The maximum absolute atomic E-state index is 10.5. The predicted octanol–water partition coefficient (Wildman–Crippen LogP) is 9.88. The van der Waals surface area contributed by atoms with E-state index in [1.54, 1.807) is 12.1 Å². The zero-order valence-corrected chi connectivity index (χ0v) is 26.0. The second-order valence-corrected chi connectivity index (χ2v) is 14.2. The molecule has 0 fully saturated rings. The molecule has 1 rings (SSSR count). The average molecular weight is 529 g/mol. The van der Waals surface area contributed by atoms with Crippen molar-refractivity contribution >= 4 is 19.4 Å². The number of hydrogen-bond donors (Lipinski definition) is 1. The van der Waals surface area contributed by atoms with Gasteiger partial charge in [0.05, 0.1) is 4.90 Å². The summed E-state index contributed by atoms with van der Waals surface area (Å²) in [6.45, 7) is 16.2. The van der Waals surface area contributed by atoms with E-state index < -0.39 is 10.1 Å². The maximum atomic E-state index is 10.5. The van der Waals surface area contributed by atoms with E-state index in [9.17, 15) is 8.42 Å². The van der Waals surface area contributed by atoms with Crippen LogP contribution in [0.5, 0.6) is 0 Å². The molecule has 0 saturated heterocycles. The Morgan fingerprint density at radius 3 is 1.54 bits per heavy atom. The lowest BCUT2D eigenvalue weighted by Gasteiger charge is -2.39. The summed E-state index contributed by atoms with van der Waals surface area (Å²) in [7, 11) is -0.739. The monoisotopic (exact) mass is 528 g/mol. The molecule has 2 atom stereocenters. The molecule has 0 spiro atoms. The van der Waals surface area contributed by atoms with Gasteiger partial charge >= 0.3 is 0 Å². The summed E-state index contributed by atoms with van der Waals surface area (Å²) in [5, 5.41) is 0.460. The molecule has 2 unspecified atom stereocenters. The smallest absolute Gasteiger partial charge is 0.282 e. The first-order chi connectivity index (χ1) is 16.3. The minimum absolute atomic E-state index is 0.0666. The van der Waals surface area contributed by atoms with Crippen molar-refractivity contribution in [1.82, 2.24) is 0 Å². The molecule has 0 aromatic heterocycles. The molecule has 0 aliphatic rings. The van der Waals surface area contributed by atoms with Crippen LogP contribution in [0.3, 0.4) is 0 Å². The van der Waals surface area contributed by atoms with E-state index >= 15 is 0 Å². The van der Waals surface area contributed by atoms with Crippen LogP contribution in [-0.2, 0) is 10.1 Å². The van der Waals surface area contributed by atoms with Crippen molar-refractivity contribution in [2.45, 2.75) is 142 Å². The van der Waals surface area contributed by atoms with Gasteiger partial charge in [-0.25, -0.2) is 0 Å². The highest BCUT2D eigenvalue weighted by molar-refractivity contribution is 7.85. The molecule has 1 aromatic carbocycles. The average Bonchev–Trinajstić information content (AvgIpc) is 2.74. The van der Waals surface area contributed by atoms with Gasteiger partial charge in [-0.1, -0.05) is 123 Å². The number of unbranched alkanes of at least 4 members (excludes halogenated alkanes) is 9. The summed E-state index contributed by atoms with van der Waals surface area (Å²) < 4.78 is 29.6. The van der Waals surface area contributed by atoms with Gasteiger partial charge in [0.2, 0.25) is 0 Å². The standard InChI is InChI=1S/C23H49P.C7H8O3S/c1-7-8-9-10-11-12-13-14-15-16-17-22(6)23(24,18-20(2)3)19-21(4)5;1-6-2-4-7(5-3-6)11(8,9)10/h20-22H,7-19,24H2,1-6H3;2-5H,1H3,(H,8,9,10). The molecule has 5 heteroatoms. The van der Waals surface area contributed by atoms with Crippen molar-refractivity contribution < 1.29 is 13.0 Å². The van der Waals surface area contributed by atoms with Crippen molar-refractivity contribution in [3.05, 3.63) is 29.8 Å². The van der Waals surface area contributed by atoms with Crippen LogP contribution >= 0.6 is 9.24 Å². The summed E-state index contributed by atoms with van der Waals surface area (Å²) in [6, 6.07) is 5.99. The van der Waals surface area contributed by atoms with Crippen LogP contribution in [0.2, 0.25) is 0 Å². The highest BCUT2D eigenvalue weighted by Gasteiger charge is 2.32. The SMILES string of the molecule is CCCCCCCCCCCCC(C)C(P)(CC(C)C)CC(C)C.Cc1ccc(S(=O)(=O)O)cc1. The summed E-state index contributed by atoms with van der Waals surface area (Å²) >= 11 is 0. The van der Waals surface area contributed by atoms with E-state index in [0.717, 1.165) is 23.3 Å². The predicted molar refractivity (Wildman–Crippen MR) is 158 cm³/mol. The molecule has 3 nitrogen and oxygen atoms in total. The van der Waals surface area contributed by atoms with Gasteiger partial charge in [0, 0.05) is 0 Å². The Morgan fingerprint density at radius 1 is 0.771 bits per heavy atom. The van der Waals surface area contributed by atoms with Gasteiger partial charge in [-0.15, -0.1) is 9.24 Å². The first kappa shape index (κ1) is 34.6. The first-order valence-corrected chi connectivity index (χ1v) is 16.2. The first-order valence-electron chi connectivity index (χ1n) is 14.1. The Labute approximate surface area is 221 Å². The van der Waals surface area contributed by atoms with Gasteiger partial charge in [-0.05, 0) is 61.2 Å². The molecule has 1 aromatic rings. The van der Waals surface area contributed by atoms with Crippen molar-refractivity contribution in [2.75, 3.05) is 0 Å². The fourth-order valence-electron chi connectivity index (χ4n) is 4.94. The molecule has 0 heterocycles. The normalized spacial score (nSPS) is 13.1. The van der Waals surface area contributed by atoms with Crippen LogP contribution in [0.15, 0.2) is 29.2 Å². The van der Waals surface area contributed by atoms with E-state index in [-0.39, 0.29) is 4.90 Å². The molecule has 35 heavy (non-hydrogen) atoms. The number of benzene rings is 1. The number of hydrogen-bond acceptors (Lipinski definition) is 2. The minimum Gasteiger partial charge on any atom is -0.282 e. The molecule has 0 amide bonds. The molecule has 0 saturated carbocycles. The third-order valence-electron chi connectivity index (χ3n) is 6.87. The van der Waals surface area contributed by atoms with Crippen molar-refractivity contribution in [1.29, 1.82) is 0 Å². The maximum Gasteiger partial charge on any atom is 0.294 e. The minimum atomic E-state index is -4.02. The highest BCUT2D eigenvalue weighted by atomic mass is 32.2. The lowest BCUT2D eigenvalue weighted by Crippen LogP contribution is -2.33. The Bertz CT molecular complexity index is 731. The highest BCUT2D eigenvalue weighted by Crippen LogP contribution is 2.42. The molecule has 0 bridgehead atoms. The Morgan fingerprint density at radius 2 is 1.17 bits per heavy atom. The number of aryl methyl sites for hydroxylation is 1. The van der Waals surface area contributed by atoms with Crippen LogP contribution in [0.1, 0.15) is 131 Å². The van der Waals surface area contributed by atoms with Crippen LogP contribution in [0.4, 0.5) is 0 Å². The summed E-state index contributed by atoms with van der Waals surface area (Å²) in [4.78, 5) is -0.0666. The zero-order valence-electron chi connectivity index (χ0n) is 24.0. The van der Waals surface area contributed by atoms with Crippen LogP contribution in [0.25, 0.3) is 0 Å².